The average molecular weight is 299 g/mol. The molecule has 21 heavy (non-hydrogen) atoms. The SMILES string of the molecule is CC(c1ccccn1)N(C)Cc1csc(-c2ccoc2)n1. The van der Waals surface area contributed by atoms with Crippen molar-refractivity contribution in [1.29, 1.82) is 0 Å². The van der Waals surface area contributed by atoms with Gasteiger partial charge in [-0.3, -0.25) is 9.88 Å². The van der Waals surface area contributed by atoms with Crippen LogP contribution in [0.1, 0.15) is 24.4 Å². The van der Waals surface area contributed by atoms with Gasteiger partial charge in [0.15, 0.2) is 0 Å². The molecule has 0 bridgehead atoms. The number of furan rings is 1. The zero-order chi connectivity index (χ0) is 14.7. The molecular weight excluding hydrogens is 282 g/mol. The van der Waals surface area contributed by atoms with Crippen LogP contribution in [0.15, 0.2) is 52.8 Å². The van der Waals surface area contributed by atoms with E-state index in [9.17, 15) is 0 Å². The average Bonchev–Trinajstić information content (AvgIpc) is 3.18. The molecule has 0 aliphatic heterocycles. The highest BCUT2D eigenvalue weighted by atomic mass is 32.1. The third-order valence-corrected chi connectivity index (χ3v) is 4.45. The predicted octanol–water partition coefficient (Wildman–Crippen LogP) is 3.99. The topological polar surface area (TPSA) is 42.2 Å². The van der Waals surface area contributed by atoms with Gasteiger partial charge >= 0.3 is 0 Å². The lowest BCUT2D eigenvalue weighted by Crippen LogP contribution is -2.22. The minimum atomic E-state index is 0.255. The molecule has 0 radical (unpaired) electrons. The van der Waals surface area contributed by atoms with Crippen molar-refractivity contribution in [3.63, 3.8) is 0 Å². The highest BCUT2D eigenvalue weighted by Crippen LogP contribution is 2.25. The predicted molar refractivity (Wildman–Crippen MR) is 83.9 cm³/mol. The summed E-state index contributed by atoms with van der Waals surface area (Å²) < 4.78 is 5.10. The highest BCUT2D eigenvalue weighted by molar-refractivity contribution is 7.13. The number of hydrogen-bond donors (Lipinski definition) is 0. The van der Waals surface area contributed by atoms with E-state index in [4.69, 9.17) is 4.42 Å². The first-order valence-corrected chi connectivity index (χ1v) is 7.70. The molecule has 3 aromatic rings. The van der Waals surface area contributed by atoms with Gasteiger partial charge < -0.3 is 4.42 Å². The number of hydrogen-bond acceptors (Lipinski definition) is 5. The van der Waals surface area contributed by atoms with Crippen LogP contribution in [0.25, 0.3) is 10.6 Å². The van der Waals surface area contributed by atoms with Gasteiger partial charge in [-0.05, 0) is 32.2 Å². The Hall–Kier alpha value is -1.98. The van der Waals surface area contributed by atoms with Crippen LogP contribution in [0, 0.1) is 0 Å². The fourth-order valence-electron chi connectivity index (χ4n) is 2.14. The molecule has 0 saturated carbocycles. The molecule has 1 atom stereocenters. The molecule has 3 heterocycles. The summed E-state index contributed by atoms with van der Waals surface area (Å²) in [4.78, 5) is 11.3. The van der Waals surface area contributed by atoms with Gasteiger partial charge in [0.1, 0.15) is 11.3 Å². The van der Waals surface area contributed by atoms with E-state index in [2.05, 4.69) is 40.3 Å². The fraction of sp³-hybridized carbons (Fsp3) is 0.250. The van der Waals surface area contributed by atoms with Crippen molar-refractivity contribution in [1.82, 2.24) is 14.9 Å². The van der Waals surface area contributed by atoms with Crippen molar-refractivity contribution in [2.24, 2.45) is 0 Å². The lowest BCUT2D eigenvalue weighted by molar-refractivity contribution is 0.246. The second-order valence-electron chi connectivity index (χ2n) is 5.00. The Labute approximate surface area is 128 Å². The zero-order valence-electron chi connectivity index (χ0n) is 12.1. The Kier molecular flexibility index (Phi) is 4.13. The molecule has 3 aromatic heterocycles. The first kappa shape index (κ1) is 14.0. The largest absolute Gasteiger partial charge is 0.472 e. The van der Waals surface area contributed by atoms with Gasteiger partial charge in [-0.15, -0.1) is 11.3 Å². The van der Waals surface area contributed by atoms with E-state index in [1.165, 1.54) is 0 Å². The van der Waals surface area contributed by atoms with Gasteiger partial charge in [-0.25, -0.2) is 4.98 Å². The van der Waals surface area contributed by atoms with Crippen molar-refractivity contribution in [2.75, 3.05) is 7.05 Å². The van der Waals surface area contributed by atoms with Gasteiger partial charge in [0.25, 0.3) is 0 Å². The second-order valence-corrected chi connectivity index (χ2v) is 5.86. The van der Waals surface area contributed by atoms with Gasteiger partial charge in [-0.2, -0.15) is 0 Å². The molecule has 0 aliphatic rings. The number of rotatable bonds is 5. The van der Waals surface area contributed by atoms with E-state index >= 15 is 0 Å². The Morgan fingerprint density at radius 1 is 1.33 bits per heavy atom. The molecule has 0 spiro atoms. The van der Waals surface area contributed by atoms with Crippen molar-refractivity contribution in [3.05, 3.63) is 59.8 Å². The van der Waals surface area contributed by atoms with Crippen LogP contribution in [-0.2, 0) is 6.54 Å². The number of aromatic nitrogens is 2. The maximum atomic E-state index is 5.10. The van der Waals surface area contributed by atoms with E-state index in [0.717, 1.165) is 28.5 Å². The van der Waals surface area contributed by atoms with Crippen molar-refractivity contribution in [3.8, 4) is 10.6 Å². The van der Waals surface area contributed by atoms with Crippen molar-refractivity contribution in [2.45, 2.75) is 19.5 Å². The summed E-state index contributed by atoms with van der Waals surface area (Å²) in [6.07, 6.45) is 5.23. The number of nitrogens with zero attached hydrogens (tertiary/aromatic N) is 3. The molecule has 4 nitrogen and oxygen atoms in total. The summed E-state index contributed by atoms with van der Waals surface area (Å²) in [7, 11) is 2.09. The standard InChI is InChI=1S/C16H17N3OS/c1-12(15-5-3-4-7-17-15)19(2)9-14-11-21-16(18-14)13-6-8-20-10-13/h3-8,10-12H,9H2,1-2H3. The molecule has 0 saturated heterocycles. The van der Waals surface area contributed by atoms with Gasteiger partial charge in [0.2, 0.25) is 0 Å². The third-order valence-electron chi connectivity index (χ3n) is 3.51. The summed E-state index contributed by atoms with van der Waals surface area (Å²) in [5, 5.41) is 3.10. The van der Waals surface area contributed by atoms with Crippen LogP contribution in [-0.4, -0.2) is 21.9 Å². The minimum absolute atomic E-state index is 0.255. The Balaban J connectivity index is 1.69. The van der Waals surface area contributed by atoms with Crippen molar-refractivity contribution >= 4 is 11.3 Å². The summed E-state index contributed by atoms with van der Waals surface area (Å²) in [6, 6.07) is 8.20. The summed E-state index contributed by atoms with van der Waals surface area (Å²) in [5.74, 6) is 0. The second kappa shape index (κ2) is 6.20. The monoisotopic (exact) mass is 299 g/mol. The lowest BCUT2D eigenvalue weighted by Gasteiger charge is -2.23. The van der Waals surface area contributed by atoms with Gasteiger partial charge in [0.05, 0.1) is 17.7 Å². The quantitative estimate of drug-likeness (QED) is 0.714. The normalized spacial score (nSPS) is 12.7. The van der Waals surface area contributed by atoms with Crippen LogP contribution in [0.4, 0.5) is 0 Å². The van der Waals surface area contributed by atoms with E-state index in [1.807, 2.05) is 24.4 Å². The summed E-state index contributed by atoms with van der Waals surface area (Å²) in [5.41, 5.74) is 3.18. The molecule has 0 N–H and O–H groups in total. The maximum absolute atomic E-state index is 5.10. The maximum Gasteiger partial charge on any atom is 0.126 e. The zero-order valence-corrected chi connectivity index (χ0v) is 12.9. The van der Waals surface area contributed by atoms with Gasteiger partial charge in [-0.1, -0.05) is 6.07 Å². The first-order chi connectivity index (χ1) is 10.2. The minimum Gasteiger partial charge on any atom is -0.472 e. The van der Waals surface area contributed by atoms with Crippen molar-refractivity contribution < 1.29 is 4.42 Å². The molecule has 0 aliphatic carbocycles. The van der Waals surface area contributed by atoms with E-state index in [-0.39, 0.29) is 6.04 Å². The van der Waals surface area contributed by atoms with Crippen LogP contribution < -0.4 is 0 Å². The molecular formula is C16H17N3OS. The Morgan fingerprint density at radius 3 is 2.95 bits per heavy atom. The van der Waals surface area contributed by atoms with E-state index < -0.39 is 0 Å². The highest BCUT2D eigenvalue weighted by Gasteiger charge is 2.14. The molecule has 0 aromatic carbocycles. The number of pyridine rings is 1. The molecule has 3 rings (SSSR count). The van der Waals surface area contributed by atoms with Crippen LogP contribution in [0.3, 0.4) is 0 Å². The molecule has 0 amide bonds. The first-order valence-electron chi connectivity index (χ1n) is 6.82. The van der Waals surface area contributed by atoms with Crippen LogP contribution in [0.5, 0.6) is 0 Å². The molecule has 0 fully saturated rings. The van der Waals surface area contributed by atoms with Crippen LogP contribution in [0.2, 0.25) is 0 Å². The number of thiazole rings is 1. The molecule has 5 heteroatoms. The van der Waals surface area contributed by atoms with Gasteiger partial charge in [0, 0.05) is 29.7 Å². The fourth-order valence-corrected chi connectivity index (χ4v) is 2.94. The molecule has 108 valence electrons. The lowest BCUT2D eigenvalue weighted by atomic mass is 10.2. The summed E-state index contributed by atoms with van der Waals surface area (Å²) >= 11 is 1.64. The Bertz CT molecular complexity index is 679. The Morgan fingerprint density at radius 2 is 2.24 bits per heavy atom. The summed E-state index contributed by atoms with van der Waals surface area (Å²) in [6.45, 7) is 2.96. The smallest absolute Gasteiger partial charge is 0.126 e. The van der Waals surface area contributed by atoms with E-state index in [1.54, 1.807) is 23.9 Å². The molecule has 1 unspecified atom stereocenters. The third kappa shape index (κ3) is 3.20. The van der Waals surface area contributed by atoms with E-state index in [0.29, 0.717) is 0 Å². The van der Waals surface area contributed by atoms with Crippen LogP contribution >= 0.6 is 11.3 Å².